The molecule has 2 nitrogen and oxygen atoms in total. The zero-order valence-corrected chi connectivity index (χ0v) is 15.1. The van der Waals surface area contributed by atoms with Crippen molar-refractivity contribution in [3.8, 4) is 0 Å². The zero-order valence-electron chi connectivity index (χ0n) is 13.3. The van der Waals surface area contributed by atoms with E-state index in [1.54, 1.807) is 10.8 Å². The van der Waals surface area contributed by atoms with Gasteiger partial charge < -0.3 is 9.47 Å². The van der Waals surface area contributed by atoms with Gasteiger partial charge in [0.25, 0.3) is 0 Å². The van der Waals surface area contributed by atoms with Crippen LogP contribution in [0.25, 0.3) is 0 Å². The minimum Gasteiger partial charge on any atom is -0.375 e. The van der Waals surface area contributed by atoms with Gasteiger partial charge in [0.15, 0.2) is 0 Å². The van der Waals surface area contributed by atoms with E-state index in [-0.39, 0.29) is 11.2 Å². The fourth-order valence-corrected chi connectivity index (χ4v) is 2.00. The summed E-state index contributed by atoms with van der Waals surface area (Å²) in [5.41, 5.74) is -0.246. The lowest BCUT2D eigenvalue weighted by molar-refractivity contribution is -0.0730. The summed E-state index contributed by atoms with van der Waals surface area (Å²) in [6.07, 6.45) is 7.83. The summed E-state index contributed by atoms with van der Waals surface area (Å²) in [6, 6.07) is 0. The highest BCUT2D eigenvalue weighted by Gasteiger charge is 2.22. The molecule has 0 saturated carbocycles. The first-order chi connectivity index (χ1) is 9.33. The van der Waals surface area contributed by atoms with Gasteiger partial charge in [0.05, 0.1) is 24.4 Å². The minimum absolute atomic E-state index is 0.0991. The third-order valence-corrected chi connectivity index (χ3v) is 3.52. The van der Waals surface area contributed by atoms with Gasteiger partial charge in [-0.25, -0.2) is 0 Å². The average molecular weight is 319 g/mol. The molecule has 0 radical (unpaired) electrons. The smallest absolute Gasteiger partial charge is 0.0648 e. The van der Waals surface area contributed by atoms with Gasteiger partial charge in [0.2, 0.25) is 0 Å². The minimum atomic E-state index is -0.147. The number of ether oxygens (including phenoxy) is 2. The molecule has 4 heteroatoms. The van der Waals surface area contributed by atoms with Gasteiger partial charge in [-0.05, 0) is 64.2 Å². The molecule has 20 heavy (non-hydrogen) atoms. The highest BCUT2D eigenvalue weighted by atomic mass is 32.1. The van der Waals surface area contributed by atoms with Crippen molar-refractivity contribution in [1.82, 2.24) is 0 Å². The molecule has 0 unspecified atom stereocenters. The summed E-state index contributed by atoms with van der Waals surface area (Å²) in [7, 11) is 0. The Balaban J connectivity index is 3.89. The van der Waals surface area contributed by atoms with Crippen molar-refractivity contribution in [3.05, 3.63) is 23.0 Å². The summed E-state index contributed by atoms with van der Waals surface area (Å²) in [5, 5.41) is 3.54. The first kappa shape index (κ1) is 20.1. The zero-order chi connectivity index (χ0) is 15.5. The van der Waals surface area contributed by atoms with Crippen LogP contribution in [0, 0.1) is 0 Å². The van der Waals surface area contributed by atoms with Crippen molar-refractivity contribution < 1.29 is 9.47 Å². The van der Waals surface area contributed by atoms with Crippen molar-refractivity contribution in [2.45, 2.75) is 64.6 Å². The molecule has 0 atom stereocenters. The largest absolute Gasteiger partial charge is 0.375 e. The highest BCUT2D eigenvalue weighted by Crippen LogP contribution is 2.21. The average Bonchev–Trinajstić information content (AvgIpc) is 2.34. The van der Waals surface area contributed by atoms with E-state index >= 15 is 0 Å². The molecule has 0 aromatic rings. The van der Waals surface area contributed by atoms with Crippen LogP contribution in [0.3, 0.4) is 0 Å². The van der Waals surface area contributed by atoms with Crippen LogP contribution in [0.4, 0.5) is 0 Å². The van der Waals surface area contributed by atoms with Crippen LogP contribution >= 0.6 is 25.3 Å². The SMILES string of the molecule is CC(C)(CCC=CS)OCCC(C)(C)OCCC=CS. The van der Waals surface area contributed by atoms with Crippen LogP contribution in [-0.2, 0) is 9.47 Å². The van der Waals surface area contributed by atoms with Crippen LogP contribution in [0.1, 0.15) is 53.4 Å². The van der Waals surface area contributed by atoms with E-state index in [0.717, 1.165) is 32.3 Å². The molecule has 0 rings (SSSR count). The molecule has 0 fully saturated rings. The maximum Gasteiger partial charge on any atom is 0.0648 e. The molecule has 0 saturated heterocycles. The fraction of sp³-hybridized carbons (Fsp3) is 0.750. The second kappa shape index (κ2) is 10.8. The standard InChI is InChI=1S/C16H30O2S2/c1-15(2,9-5-7-13-19)18-12-10-16(3,4)17-11-6-8-14-20/h7-8,13-14,19-20H,5-6,9-12H2,1-4H3. The molecule has 0 N–H and O–H groups in total. The van der Waals surface area contributed by atoms with Gasteiger partial charge in [-0.1, -0.05) is 12.2 Å². The molecule has 0 aliphatic rings. The first-order valence-electron chi connectivity index (χ1n) is 7.19. The molecule has 0 aromatic heterocycles. The Bertz CT molecular complexity index is 297. The van der Waals surface area contributed by atoms with Crippen molar-refractivity contribution in [1.29, 1.82) is 0 Å². The molecule has 0 bridgehead atoms. The summed E-state index contributed by atoms with van der Waals surface area (Å²) in [5.74, 6) is 0. The molecule has 118 valence electrons. The fourth-order valence-electron chi connectivity index (χ4n) is 1.70. The molecule has 0 heterocycles. The summed E-state index contributed by atoms with van der Waals surface area (Å²) >= 11 is 8.08. The lowest BCUT2D eigenvalue weighted by atomic mass is 10.0. The summed E-state index contributed by atoms with van der Waals surface area (Å²) in [4.78, 5) is 0. The Morgan fingerprint density at radius 1 is 0.750 bits per heavy atom. The molecular formula is C16H30O2S2. The Morgan fingerprint density at radius 2 is 1.25 bits per heavy atom. The normalized spacial score (nSPS) is 13.7. The first-order valence-corrected chi connectivity index (χ1v) is 8.23. The summed E-state index contributed by atoms with van der Waals surface area (Å²) in [6.45, 7) is 9.91. The van der Waals surface area contributed by atoms with E-state index in [2.05, 4.69) is 59.0 Å². The second-order valence-electron chi connectivity index (χ2n) is 6.06. The molecular weight excluding hydrogens is 288 g/mol. The predicted molar refractivity (Wildman–Crippen MR) is 94.8 cm³/mol. The topological polar surface area (TPSA) is 18.5 Å². The monoisotopic (exact) mass is 318 g/mol. The van der Waals surface area contributed by atoms with E-state index in [9.17, 15) is 0 Å². The predicted octanol–water partition coefficient (Wildman–Crippen LogP) is 5.02. The van der Waals surface area contributed by atoms with Crippen LogP contribution in [0.5, 0.6) is 0 Å². The van der Waals surface area contributed by atoms with Crippen molar-refractivity contribution in [3.63, 3.8) is 0 Å². The lowest BCUT2D eigenvalue weighted by Crippen LogP contribution is -2.31. The quantitative estimate of drug-likeness (QED) is 0.411. The Labute approximate surface area is 135 Å². The number of rotatable bonds is 11. The number of thiol groups is 2. The lowest BCUT2D eigenvalue weighted by Gasteiger charge is -2.29. The van der Waals surface area contributed by atoms with Gasteiger partial charge in [-0.15, -0.1) is 0 Å². The van der Waals surface area contributed by atoms with Crippen molar-refractivity contribution >= 4 is 25.3 Å². The number of hydrogen-bond donors (Lipinski definition) is 2. The van der Waals surface area contributed by atoms with E-state index in [4.69, 9.17) is 9.47 Å². The maximum absolute atomic E-state index is 5.97. The van der Waals surface area contributed by atoms with Gasteiger partial charge in [-0.3, -0.25) is 0 Å². The van der Waals surface area contributed by atoms with E-state index in [0.29, 0.717) is 6.61 Å². The maximum atomic E-state index is 5.97. The van der Waals surface area contributed by atoms with E-state index < -0.39 is 0 Å². The van der Waals surface area contributed by atoms with Gasteiger partial charge in [-0.2, -0.15) is 25.3 Å². The molecule has 0 aliphatic heterocycles. The van der Waals surface area contributed by atoms with Crippen LogP contribution in [0.15, 0.2) is 23.0 Å². The van der Waals surface area contributed by atoms with E-state index in [1.807, 2.05) is 6.08 Å². The van der Waals surface area contributed by atoms with Crippen LogP contribution in [0.2, 0.25) is 0 Å². The Kier molecular flexibility index (Phi) is 10.8. The Hall–Kier alpha value is 0.1000. The molecule has 0 spiro atoms. The van der Waals surface area contributed by atoms with Crippen molar-refractivity contribution in [2.24, 2.45) is 0 Å². The number of hydrogen-bond acceptors (Lipinski definition) is 4. The second-order valence-corrected chi connectivity index (χ2v) is 6.66. The third-order valence-electron chi connectivity index (χ3n) is 3.10. The van der Waals surface area contributed by atoms with Crippen molar-refractivity contribution in [2.75, 3.05) is 13.2 Å². The molecule has 0 aromatic carbocycles. The molecule has 0 aliphatic carbocycles. The van der Waals surface area contributed by atoms with Crippen LogP contribution < -0.4 is 0 Å². The van der Waals surface area contributed by atoms with Gasteiger partial charge in [0, 0.05) is 0 Å². The molecule has 0 amide bonds. The third kappa shape index (κ3) is 11.9. The van der Waals surface area contributed by atoms with Crippen LogP contribution in [-0.4, -0.2) is 24.4 Å². The summed E-state index contributed by atoms with van der Waals surface area (Å²) < 4.78 is 11.8. The highest BCUT2D eigenvalue weighted by molar-refractivity contribution is 7.83. The Morgan fingerprint density at radius 3 is 1.85 bits per heavy atom. The van der Waals surface area contributed by atoms with Gasteiger partial charge in [0.1, 0.15) is 0 Å². The van der Waals surface area contributed by atoms with E-state index in [1.165, 1.54) is 0 Å². The van der Waals surface area contributed by atoms with Gasteiger partial charge >= 0.3 is 0 Å². The number of allylic oxidation sites excluding steroid dienone is 1.